The van der Waals surface area contributed by atoms with E-state index in [-0.39, 0.29) is 6.04 Å². The van der Waals surface area contributed by atoms with Gasteiger partial charge in [0.25, 0.3) is 0 Å². The Hall–Kier alpha value is -3.23. The van der Waals surface area contributed by atoms with Gasteiger partial charge < -0.3 is 11.1 Å². The number of nitrogen functional groups attached to an aromatic ring is 1. The summed E-state index contributed by atoms with van der Waals surface area (Å²) < 4.78 is 0. The van der Waals surface area contributed by atoms with Crippen molar-refractivity contribution in [2.75, 3.05) is 5.73 Å². The number of aromatic nitrogens is 2. The molecule has 0 saturated carbocycles. The molecule has 0 aliphatic carbocycles. The lowest BCUT2D eigenvalue weighted by molar-refractivity contribution is 0.508. The third kappa shape index (κ3) is 2.57. The summed E-state index contributed by atoms with van der Waals surface area (Å²) in [7, 11) is 0. The fourth-order valence-electron chi connectivity index (χ4n) is 4.42. The van der Waals surface area contributed by atoms with Gasteiger partial charge in [0.05, 0.1) is 5.69 Å². The van der Waals surface area contributed by atoms with Gasteiger partial charge in [-0.1, -0.05) is 24.3 Å². The van der Waals surface area contributed by atoms with Gasteiger partial charge in [-0.15, -0.1) is 0 Å². The maximum absolute atomic E-state index is 9.82. The zero-order valence-electron chi connectivity index (χ0n) is 14.8. The van der Waals surface area contributed by atoms with Crippen LogP contribution in [0.1, 0.15) is 35.7 Å². The summed E-state index contributed by atoms with van der Waals surface area (Å²) in [6, 6.07) is 17.1. The van der Waals surface area contributed by atoms with E-state index in [9.17, 15) is 5.26 Å². The molecule has 5 nitrogen and oxygen atoms in total. The Kier molecular flexibility index (Phi) is 3.66. The minimum atomic E-state index is 0.243. The van der Waals surface area contributed by atoms with Crippen molar-refractivity contribution < 1.29 is 0 Å². The Bertz CT molecular complexity index is 1070. The molecule has 2 aromatic heterocycles. The Labute approximate surface area is 157 Å². The van der Waals surface area contributed by atoms with Crippen molar-refractivity contribution in [1.82, 2.24) is 15.3 Å². The highest BCUT2D eigenvalue weighted by Gasteiger charge is 2.36. The van der Waals surface area contributed by atoms with Gasteiger partial charge in [0.15, 0.2) is 0 Å². The monoisotopic (exact) mass is 353 g/mol. The Morgan fingerprint density at radius 1 is 1.11 bits per heavy atom. The number of benzene rings is 1. The average molecular weight is 353 g/mol. The highest BCUT2D eigenvalue weighted by Crippen LogP contribution is 2.43. The number of rotatable bonds is 2. The summed E-state index contributed by atoms with van der Waals surface area (Å²) in [6.45, 7) is 0. The van der Waals surface area contributed by atoms with Crippen molar-refractivity contribution >= 4 is 5.82 Å². The molecule has 0 amide bonds. The van der Waals surface area contributed by atoms with Crippen LogP contribution in [-0.4, -0.2) is 16.0 Å². The summed E-state index contributed by atoms with van der Waals surface area (Å²) in [6.07, 6.45) is 4.86. The number of nitriles is 1. The first-order chi connectivity index (χ1) is 13.2. The van der Waals surface area contributed by atoms with Crippen LogP contribution in [-0.2, 0) is 6.42 Å². The third-order valence-corrected chi connectivity index (χ3v) is 5.59. The third-order valence-electron chi connectivity index (χ3n) is 5.59. The maximum Gasteiger partial charge on any atom is 0.142 e. The number of hydrogen-bond donors (Lipinski definition) is 2. The molecule has 5 rings (SSSR count). The molecule has 132 valence electrons. The topological polar surface area (TPSA) is 87.6 Å². The smallest absolute Gasteiger partial charge is 0.142 e. The zero-order valence-corrected chi connectivity index (χ0v) is 14.8. The second kappa shape index (κ2) is 6.19. The highest BCUT2D eigenvalue weighted by molar-refractivity contribution is 5.82. The van der Waals surface area contributed by atoms with Crippen molar-refractivity contribution in [2.45, 2.75) is 31.3 Å². The standard InChI is InChI=1S/C22H19N5/c23-12-16-20(14-5-3-4-13(10-14)17-6-1-2-9-25-17)21-18-8-7-15(26-18)11-19(21)27-22(16)24/h1-6,9-10,15,18,26H,7-8,11H2,(H2,24,27)/t15-,18+/m0/s1. The molecule has 0 radical (unpaired) electrons. The fraction of sp³-hybridized carbons (Fsp3) is 0.227. The van der Waals surface area contributed by atoms with Crippen LogP contribution in [0.5, 0.6) is 0 Å². The van der Waals surface area contributed by atoms with Gasteiger partial charge in [0.2, 0.25) is 0 Å². The van der Waals surface area contributed by atoms with Crippen LogP contribution in [0.3, 0.4) is 0 Å². The predicted molar refractivity (Wildman–Crippen MR) is 105 cm³/mol. The quantitative estimate of drug-likeness (QED) is 0.735. The van der Waals surface area contributed by atoms with E-state index in [1.165, 1.54) is 0 Å². The van der Waals surface area contributed by atoms with Crippen molar-refractivity contribution in [3.8, 4) is 28.5 Å². The summed E-state index contributed by atoms with van der Waals surface area (Å²) in [5.41, 5.74) is 12.7. The molecule has 1 aromatic carbocycles. The van der Waals surface area contributed by atoms with Gasteiger partial charge >= 0.3 is 0 Å². The summed E-state index contributed by atoms with van der Waals surface area (Å²) >= 11 is 0. The van der Waals surface area contributed by atoms with E-state index in [0.717, 1.165) is 52.9 Å². The van der Waals surface area contributed by atoms with E-state index in [1.807, 2.05) is 36.4 Å². The number of pyridine rings is 2. The number of nitrogens with two attached hydrogens (primary N) is 1. The lowest BCUT2D eigenvalue weighted by atomic mass is 9.87. The van der Waals surface area contributed by atoms with Crippen molar-refractivity contribution in [2.24, 2.45) is 0 Å². The number of nitrogens with zero attached hydrogens (tertiary/aromatic N) is 3. The molecule has 27 heavy (non-hydrogen) atoms. The van der Waals surface area contributed by atoms with E-state index in [4.69, 9.17) is 5.73 Å². The number of anilines is 1. The average Bonchev–Trinajstić information content (AvgIpc) is 3.09. The van der Waals surface area contributed by atoms with E-state index in [0.29, 0.717) is 17.4 Å². The lowest BCUT2D eigenvalue weighted by Gasteiger charge is -2.27. The SMILES string of the molecule is N#Cc1c(N)nc2c(c1-c1cccc(-c3ccccn3)c1)[C@H]1CC[C@@H](C2)N1. The van der Waals surface area contributed by atoms with Crippen LogP contribution < -0.4 is 11.1 Å². The molecule has 4 heterocycles. The molecule has 1 saturated heterocycles. The first-order valence-electron chi connectivity index (χ1n) is 9.25. The second-order valence-electron chi connectivity index (χ2n) is 7.21. The van der Waals surface area contributed by atoms with E-state index in [1.54, 1.807) is 6.20 Å². The van der Waals surface area contributed by atoms with Gasteiger partial charge in [-0.05, 0) is 42.2 Å². The van der Waals surface area contributed by atoms with Crippen LogP contribution in [0, 0.1) is 11.3 Å². The van der Waals surface area contributed by atoms with Crippen molar-refractivity contribution in [3.63, 3.8) is 0 Å². The number of fused-ring (bicyclic) bond motifs is 4. The van der Waals surface area contributed by atoms with Crippen molar-refractivity contribution in [3.05, 3.63) is 65.5 Å². The maximum atomic E-state index is 9.82. The zero-order chi connectivity index (χ0) is 18.4. The molecule has 3 N–H and O–H groups in total. The van der Waals surface area contributed by atoms with E-state index >= 15 is 0 Å². The highest BCUT2D eigenvalue weighted by atomic mass is 15.0. The molecule has 2 aliphatic heterocycles. The first kappa shape index (κ1) is 16.0. The van der Waals surface area contributed by atoms with Crippen LogP contribution in [0.2, 0.25) is 0 Å². The van der Waals surface area contributed by atoms with Gasteiger partial charge in [0, 0.05) is 41.5 Å². The Balaban J connectivity index is 1.74. The van der Waals surface area contributed by atoms with E-state index < -0.39 is 0 Å². The fourth-order valence-corrected chi connectivity index (χ4v) is 4.42. The molecule has 0 spiro atoms. The Morgan fingerprint density at radius 2 is 2.00 bits per heavy atom. The molecule has 2 bridgehead atoms. The molecule has 3 aromatic rings. The summed E-state index contributed by atoms with van der Waals surface area (Å²) in [5.74, 6) is 0.329. The largest absolute Gasteiger partial charge is 0.383 e. The minimum Gasteiger partial charge on any atom is -0.383 e. The van der Waals surface area contributed by atoms with Gasteiger partial charge in [-0.25, -0.2) is 4.98 Å². The predicted octanol–water partition coefficient (Wildman–Crippen LogP) is 3.61. The lowest BCUT2D eigenvalue weighted by Crippen LogP contribution is -2.33. The molecule has 1 fully saturated rings. The molecular weight excluding hydrogens is 334 g/mol. The van der Waals surface area contributed by atoms with Gasteiger partial charge in [-0.3, -0.25) is 4.98 Å². The van der Waals surface area contributed by atoms with Crippen LogP contribution >= 0.6 is 0 Å². The first-order valence-corrected chi connectivity index (χ1v) is 9.25. The number of hydrogen-bond acceptors (Lipinski definition) is 5. The number of nitrogens with one attached hydrogen (secondary N) is 1. The summed E-state index contributed by atoms with van der Waals surface area (Å²) in [4.78, 5) is 9.05. The van der Waals surface area contributed by atoms with Crippen LogP contribution in [0.25, 0.3) is 22.4 Å². The molecular formula is C22H19N5. The second-order valence-corrected chi connectivity index (χ2v) is 7.21. The van der Waals surface area contributed by atoms with Crippen molar-refractivity contribution in [1.29, 1.82) is 5.26 Å². The normalized spacial score (nSPS) is 20.1. The van der Waals surface area contributed by atoms with Crippen LogP contribution in [0.4, 0.5) is 5.82 Å². The van der Waals surface area contributed by atoms with E-state index in [2.05, 4.69) is 27.4 Å². The molecule has 5 heteroatoms. The van der Waals surface area contributed by atoms with Gasteiger partial charge in [0.1, 0.15) is 17.5 Å². The van der Waals surface area contributed by atoms with Gasteiger partial charge in [-0.2, -0.15) is 5.26 Å². The Morgan fingerprint density at radius 3 is 2.81 bits per heavy atom. The molecule has 0 unspecified atom stereocenters. The molecule has 2 aliphatic rings. The minimum absolute atomic E-state index is 0.243. The molecule has 2 atom stereocenters. The van der Waals surface area contributed by atoms with Crippen LogP contribution in [0.15, 0.2) is 48.7 Å². The summed E-state index contributed by atoms with van der Waals surface area (Å²) in [5, 5.41) is 13.5.